The number of hydrogen-bond acceptors (Lipinski definition) is 8. The average Bonchev–Trinajstić information content (AvgIpc) is 3.08. The van der Waals surface area contributed by atoms with Crippen LogP contribution in [-0.2, 0) is 24.8 Å². The molecule has 2 aromatic rings. The number of aromatic nitrogens is 1. The first-order valence-electron chi connectivity index (χ1n) is 8.64. The molecule has 10 nitrogen and oxygen atoms in total. The number of nitrogens with one attached hydrogen (secondary N) is 1. The molecule has 0 saturated carbocycles. The highest BCUT2D eigenvalue weighted by Gasteiger charge is 2.35. The van der Waals surface area contributed by atoms with Crippen molar-refractivity contribution >= 4 is 58.5 Å². The van der Waals surface area contributed by atoms with Gasteiger partial charge in [-0.1, -0.05) is 33.3 Å². The van der Waals surface area contributed by atoms with Crippen molar-refractivity contribution in [1.29, 1.82) is 0 Å². The summed E-state index contributed by atoms with van der Waals surface area (Å²) in [6.07, 6.45) is -0.751. The van der Waals surface area contributed by atoms with Crippen LogP contribution >= 0.6 is 27.3 Å². The van der Waals surface area contributed by atoms with Crippen LogP contribution in [0.3, 0.4) is 0 Å². The number of methoxy groups -OCH3 is 1. The molecule has 1 aromatic heterocycles. The Labute approximate surface area is 187 Å². The number of anilines is 1. The molecule has 1 fully saturated rings. The third-order valence-electron chi connectivity index (χ3n) is 4.35. The lowest BCUT2D eigenvalue weighted by Gasteiger charge is -2.33. The molecular formula is C16H19BrN4O6S3. The van der Waals surface area contributed by atoms with Gasteiger partial charge in [-0.25, -0.2) is 26.6 Å². The van der Waals surface area contributed by atoms with Crippen molar-refractivity contribution in [3.63, 3.8) is 0 Å². The van der Waals surface area contributed by atoms with Gasteiger partial charge in [-0.15, -0.1) is 0 Å². The van der Waals surface area contributed by atoms with E-state index in [4.69, 9.17) is 0 Å². The highest BCUT2D eigenvalue weighted by Crippen LogP contribution is 2.31. The van der Waals surface area contributed by atoms with Crippen LogP contribution in [0.4, 0.5) is 9.93 Å². The van der Waals surface area contributed by atoms with Crippen molar-refractivity contribution in [1.82, 2.24) is 13.6 Å². The molecule has 14 heteroatoms. The summed E-state index contributed by atoms with van der Waals surface area (Å²) in [5.74, 6) is 0. The van der Waals surface area contributed by atoms with E-state index in [0.717, 1.165) is 11.3 Å². The number of benzene rings is 1. The highest BCUT2D eigenvalue weighted by molar-refractivity contribution is 9.10. The second-order valence-corrected chi connectivity index (χ2v) is 12.3. The zero-order valence-electron chi connectivity index (χ0n) is 16.0. The monoisotopic (exact) mass is 538 g/mol. The number of nitrogens with zero attached hydrogens (tertiary/aromatic N) is 3. The summed E-state index contributed by atoms with van der Waals surface area (Å²) in [6.45, 7) is 1.59. The Bertz CT molecular complexity index is 1160. The van der Waals surface area contributed by atoms with E-state index in [2.05, 4.69) is 31.0 Å². The van der Waals surface area contributed by atoms with Crippen molar-refractivity contribution in [3.8, 4) is 0 Å². The third-order valence-corrected chi connectivity index (χ3v) is 10.3. The standard InChI is InChI=1S/C16H19BrN4O6S3/c1-11-14(28-15(18-11)19-16(22)27-2)30(25,26)21-8-6-20(7-9-21)29(23,24)13-5-3-4-12(17)10-13/h3-5,10H,6-9H2,1-2H3,(H,18,19,22). The maximum atomic E-state index is 13.0. The van der Waals surface area contributed by atoms with Gasteiger partial charge in [0.15, 0.2) is 9.34 Å². The van der Waals surface area contributed by atoms with E-state index in [-0.39, 0.29) is 46.1 Å². The summed E-state index contributed by atoms with van der Waals surface area (Å²) < 4.78 is 59.3. The van der Waals surface area contributed by atoms with E-state index in [9.17, 15) is 21.6 Å². The minimum absolute atomic E-state index is 0.00259. The summed E-state index contributed by atoms with van der Waals surface area (Å²) in [5, 5.41) is 2.45. The Morgan fingerprint density at radius 3 is 2.30 bits per heavy atom. The van der Waals surface area contributed by atoms with E-state index in [0.29, 0.717) is 4.47 Å². The fourth-order valence-electron chi connectivity index (χ4n) is 2.86. The van der Waals surface area contributed by atoms with Gasteiger partial charge >= 0.3 is 6.09 Å². The number of carbonyl (C=O) groups excluding carboxylic acids is 1. The molecule has 1 amide bonds. The summed E-state index contributed by atoms with van der Waals surface area (Å²) in [6, 6.07) is 6.36. The minimum atomic E-state index is -3.89. The first-order chi connectivity index (χ1) is 14.1. The van der Waals surface area contributed by atoms with Crippen molar-refractivity contribution in [2.75, 3.05) is 38.6 Å². The second-order valence-electron chi connectivity index (χ2n) is 6.27. The lowest BCUT2D eigenvalue weighted by molar-refractivity contribution is 0.187. The molecule has 0 atom stereocenters. The Morgan fingerprint density at radius 1 is 1.13 bits per heavy atom. The number of halogens is 1. The molecular weight excluding hydrogens is 520 g/mol. The van der Waals surface area contributed by atoms with Gasteiger partial charge in [0.05, 0.1) is 17.7 Å². The predicted molar refractivity (Wildman–Crippen MR) is 115 cm³/mol. The lowest BCUT2D eigenvalue weighted by Crippen LogP contribution is -2.50. The van der Waals surface area contributed by atoms with Crippen LogP contribution in [0, 0.1) is 6.92 Å². The molecule has 1 saturated heterocycles. The molecule has 1 N–H and O–H groups in total. The maximum Gasteiger partial charge on any atom is 0.413 e. The number of ether oxygens (including phenoxy) is 1. The van der Waals surface area contributed by atoms with Crippen LogP contribution in [0.15, 0.2) is 37.8 Å². The Kier molecular flexibility index (Phi) is 6.84. The van der Waals surface area contributed by atoms with Gasteiger partial charge in [0.1, 0.15) is 0 Å². The fraction of sp³-hybridized carbons (Fsp3) is 0.375. The zero-order valence-corrected chi connectivity index (χ0v) is 20.1. The quantitative estimate of drug-likeness (QED) is 0.617. The minimum Gasteiger partial charge on any atom is -0.453 e. The molecule has 0 spiro atoms. The summed E-state index contributed by atoms with van der Waals surface area (Å²) >= 11 is 4.08. The SMILES string of the molecule is COC(=O)Nc1nc(C)c(S(=O)(=O)N2CCN(S(=O)(=O)c3cccc(Br)c3)CC2)s1. The van der Waals surface area contributed by atoms with Crippen molar-refractivity contribution in [2.24, 2.45) is 0 Å². The number of rotatable bonds is 5. The summed E-state index contributed by atoms with van der Waals surface area (Å²) in [7, 11) is -6.42. The lowest BCUT2D eigenvalue weighted by atomic mass is 10.4. The van der Waals surface area contributed by atoms with Crippen LogP contribution in [0.2, 0.25) is 0 Å². The largest absolute Gasteiger partial charge is 0.453 e. The van der Waals surface area contributed by atoms with Gasteiger partial charge in [0.2, 0.25) is 10.0 Å². The van der Waals surface area contributed by atoms with Crippen LogP contribution < -0.4 is 5.32 Å². The fourth-order valence-corrected chi connectivity index (χ4v) is 7.83. The van der Waals surface area contributed by atoms with Gasteiger partial charge in [-0.2, -0.15) is 8.61 Å². The average molecular weight is 539 g/mol. The van der Waals surface area contributed by atoms with E-state index in [1.54, 1.807) is 12.1 Å². The number of aryl methyl sites for hydroxylation is 1. The van der Waals surface area contributed by atoms with Gasteiger partial charge in [0, 0.05) is 30.7 Å². The molecule has 0 aliphatic carbocycles. The van der Waals surface area contributed by atoms with Crippen LogP contribution in [0.25, 0.3) is 0 Å². The molecule has 1 aliphatic heterocycles. The Morgan fingerprint density at radius 2 is 1.73 bits per heavy atom. The molecule has 164 valence electrons. The van der Waals surface area contributed by atoms with Crippen molar-refractivity contribution in [3.05, 3.63) is 34.4 Å². The van der Waals surface area contributed by atoms with E-state index < -0.39 is 26.1 Å². The number of hydrogen-bond donors (Lipinski definition) is 1. The predicted octanol–water partition coefficient (Wildman–Crippen LogP) is 2.09. The number of sulfonamides is 2. The topological polar surface area (TPSA) is 126 Å². The summed E-state index contributed by atoms with van der Waals surface area (Å²) in [4.78, 5) is 15.5. The molecule has 1 aromatic carbocycles. The van der Waals surface area contributed by atoms with Gasteiger partial charge in [-0.3, -0.25) is 5.32 Å². The third kappa shape index (κ3) is 4.68. The highest BCUT2D eigenvalue weighted by atomic mass is 79.9. The smallest absolute Gasteiger partial charge is 0.413 e. The molecule has 3 rings (SSSR count). The first kappa shape index (κ1) is 23.1. The number of thiazole rings is 1. The molecule has 2 heterocycles. The van der Waals surface area contributed by atoms with Crippen molar-refractivity contribution in [2.45, 2.75) is 16.0 Å². The molecule has 0 bridgehead atoms. The van der Waals surface area contributed by atoms with E-state index in [1.807, 2.05) is 0 Å². The zero-order chi connectivity index (χ0) is 22.1. The van der Waals surface area contributed by atoms with Crippen LogP contribution in [-0.4, -0.2) is 69.8 Å². The van der Waals surface area contributed by atoms with Gasteiger partial charge in [-0.05, 0) is 25.1 Å². The Hall–Kier alpha value is -1.58. The van der Waals surface area contributed by atoms with E-state index in [1.165, 1.54) is 34.8 Å². The second kappa shape index (κ2) is 8.88. The number of carbonyl (C=O) groups is 1. The molecule has 1 aliphatic rings. The van der Waals surface area contributed by atoms with Gasteiger partial charge < -0.3 is 4.74 Å². The van der Waals surface area contributed by atoms with Crippen LogP contribution in [0.5, 0.6) is 0 Å². The molecule has 0 unspecified atom stereocenters. The summed E-state index contributed by atoms with van der Waals surface area (Å²) in [5.41, 5.74) is 0.246. The number of piperazine rings is 1. The van der Waals surface area contributed by atoms with Gasteiger partial charge in [0.25, 0.3) is 10.0 Å². The van der Waals surface area contributed by atoms with Crippen LogP contribution in [0.1, 0.15) is 5.69 Å². The maximum absolute atomic E-state index is 13.0. The van der Waals surface area contributed by atoms with Crippen molar-refractivity contribution < 1.29 is 26.4 Å². The molecule has 0 radical (unpaired) electrons. The molecule has 30 heavy (non-hydrogen) atoms. The Balaban J connectivity index is 1.75. The number of amides is 1. The normalized spacial score (nSPS) is 16.4. The van der Waals surface area contributed by atoms with E-state index >= 15 is 0 Å². The first-order valence-corrected chi connectivity index (χ1v) is 13.1.